The maximum Gasteiger partial charge on any atom is 0.235 e. The number of rotatable bonds is 3. The van der Waals surface area contributed by atoms with E-state index in [-0.39, 0.29) is 23.6 Å². The Labute approximate surface area is 103 Å². The molecule has 84 valence electrons. The number of carbonyl (C=O) groups is 1. The van der Waals surface area contributed by atoms with Gasteiger partial charge in [-0.05, 0) is 18.2 Å². The lowest BCUT2D eigenvalue weighted by molar-refractivity contribution is -0.113. The summed E-state index contributed by atoms with van der Waals surface area (Å²) in [6.07, 6.45) is 0. The minimum atomic E-state index is -0.145. The van der Waals surface area contributed by atoms with Gasteiger partial charge in [0.2, 0.25) is 5.91 Å². The molecular weight excluding hydrogens is 283 g/mol. The van der Waals surface area contributed by atoms with Crippen molar-refractivity contribution in [2.75, 3.05) is 23.5 Å². The van der Waals surface area contributed by atoms with Crippen molar-refractivity contribution in [2.24, 2.45) is 0 Å². The number of methoxy groups -OCH3 is 1. The Morgan fingerprint density at radius 1 is 1.60 bits per heavy atom. The van der Waals surface area contributed by atoms with Gasteiger partial charge in [-0.25, -0.2) is 0 Å². The number of ether oxygens (including phenoxy) is 1. The Bertz CT molecular complexity index is 347. The van der Waals surface area contributed by atoms with Gasteiger partial charge in [-0.15, -0.1) is 12.4 Å². The quantitative estimate of drug-likeness (QED) is 0.662. The van der Waals surface area contributed by atoms with Gasteiger partial charge in [0.15, 0.2) is 0 Å². The second-order valence-corrected chi connectivity index (χ2v) is 3.20. The van der Waals surface area contributed by atoms with E-state index >= 15 is 0 Å². The molecule has 0 bridgehead atoms. The van der Waals surface area contributed by atoms with E-state index in [2.05, 4.69) is 21.2 Å². The summed E-state index contributed by atoms with van der Waals surface area (Å²) in [5, 5.41) is 2.90. The zero-order chi connectivity index (χ0) is 10.6. The molecule has 0 saturated heterocycles. The molecule has 0 atom stereocenters. The van der Waals surface area contributed by atoms with Gasteiger partial charge in [0.25, 0.3) is 0 Å². The number of anilines is 2. The van der Waals surface area contributed by atoms with Crippen LogP contribution in [0.3, 0.4) is 0 Å². The van der Waals surface area contributed by atoms with E-state index in [0.717, 1.165) is 0 Å². The highest BCUT2D eigenvalue weighted by atomic mass is 79.9. The second kappa shape index (κ2) is 6.53. The van der Waals surface area contributed by atoms with Gasteiger partial charge < -0.3 is 15.8 Å². The van der Waals surface area contributed by atoms with Crippen molar-refractivity contribution >= 4 is 45.6 Å². The average molecular weight is 296 g/mol. The molecule has 1 amide bonds. The van der Waals surface area contributed by atoms with Crippen molar-refractivity contribution in [3.05, 3.63) is 18.2 Å². The second-order valence-electron chi connectivity index (χ2n) is 2.64. The van der Waals surface area contributed by atoms with E-state index in [1.165, 1.54) is 7.11 Å². The van der Waals surface area contributed by atoms with Crippen LogP contribution in [0.15, 0.2) is 18.2 Å². The van der Waals surface area contributed by atoms with E-state index in [1.807, 2.05) is 0 Å². The van der Waals surface area contributed by atoms with Crippen molar-refractivity contribution in [2.45, 2.75) is 0 Å². The van der Waals surface area contributed by atoms with Crippen LogP contribution in [0, 0.1) is 0 Å². The molecule has 0 radical (unpaired) electrons. The Morgan fingerprint density at radius 3 is 2.80 bits per heavy atom. The van der Waals surface area contributed by atoms with Gasteiger partial charge in [0.1, 0.15) is 5.75 Å². The molecule has 0 saturated carbocycles. The first kappa shape index (κ1) is 14.1. The lowest BCUT2D eigenvalue weighted by atomic mass is 10.2. The molecule has 6 heteroatoms. The Balaban J connectivity index is 0.00000196. The zero-order valence-corrected chi connectivity index (χ0v) is 10.5. The van der Waals surface area contributed by atoms with Crippen LogP contribution in [0.5, 0.6) is 5.75 Å². The molecule has 0 heterocycles. The van der Waals surface area contributed by atoms with Gasteiger partial charge >= 0.3 is 0 Å². The topological polar surface area (TPSA) is 64.3 Å². The third-order valence-corrected chi connectivity index (χ3v) is 2.13. The van der Waals surface area contributed by atoms with Crippen LogP contribution in [0.4, 0.5) is 11.4 Å². The van der Waals surface area contributed by atoms with E-state index in [1.54, 1.807) is 18.2 Å². The number of amides is 1. The highest BCUT2D eigenvalue weighted by Crippen LogP contribution is 2.26. The number of nitrogens with one attached hydrogen (secondary N) is 1. The summed E-state index contributed by atoms with van der Waals surface area (Å²) in [4.78, 5) is 11.1. The molecule has 0 spiro atoms. The number of carbonyl (C=O) groups excluding carboxylic acids is 1. The van der Waals surface area contributed by atoms with Gasteiger partial charge in [0.05, 0.1) is 18.1 Å². The minimum absolute atomic E-state index is 0. The highest BCUT2D eigenvalue weighted by molar-refractivity contribution is 9.09. The number of nitrogen functional groups attached to an aromatic ring is 1. The third-order valence-electron chi connectivity index (χ3n) is 1.62. The van der Waals surface area contributed by atoms with Crippen LogP contribution in [-0.2, 0) is 4.79 Å². The summed E-state index contributed by atoms with van der Waals surface area (Å²) in [5.41, 5.74) is 6.74. The van der Waals surface area contributed by atoms with Crippen molar-refractivity contribution in [1.82, 2.24) is 0 Å². The largest absolute Gasteiger partial charge is 0.495 e. The lowest BCUT2D eigenvalue weighted by Crippen LogP contribution is -2.13. The summed E-state index contributed by atoms with van der Waals surface area (Å²) in [7, 11) is 1.54. The Morgan fingerprint density at radius 2 is 2.27 bits per heavy atom. The molecule has 0 fully saturated rings. The molecule has 4 nitrogen and oxygen atoms in total. The summed E-state index contributed by atoms with van der Waals surface area (Å²) in [6.45, 7) is 0. The lowest BCUT2D eigenvalue weighted by Gasteiger charge is -2.09. The normalized spacial score (nSPS) is 8.93. The molecule has 3 N–H and O–H groups in total. The average Bonchev–Trinajstić information content (AvgIpc) is 2.18. The monoisotopic (exact) mass is 294 g/mol. The molecular formula is C9H12BrClN2O2. The maximum absolute atomic E-state index is 11.1. The maximum atomic E-state index is 11.1. The number of hydrogen-bond donors (Lipinski definition) is 2. The molecule has 1 aromatic rings. The molecule has 1 rings (SSSR count). The fourth-order valence-corrected chi connectivity index (χ4v) is 1.15. The van der Waals surface area contributed by atoms with Crippen molar-refractivity contribution in [3.8, 4) is 5.75 Å². The Kier molecular flexibility index (Phi) is 6.12. The number of halogens is 2. The summed E-state index contributed by atoms with van der Waals surface area (Å²) >= 11 is 3.05. The third kappa shape index (κ3) is 3.97. The van der Waals surface area contributed by atoms with Crippen LogP contribution in [-0.4, -0.2) is 18.3 Å². The van der Waals surface area contributed by atoms with Gasteiger partial charge in [-0.3, -0.25) is 4.79 Å². The molecule has 0 aliphatic rings. The van der Waals surface area contributed by atoms with Crippen LogP contribution >= 0.6 is 28.3 Å². The molecule has 0 aliphatic heterocycles. The first-order chi connectivity index (χ1) is 6.67. The Hall–Kier alpha value is -0.940. The predicted molar refractivity (Wildman–Crippen MR) is 67.1 cm³/mol. The fourth-order valence-electron chi connectivity index (χ4n) is 1.01. The number of hydrogen-bond acceptors (Lipinski definition) is 3. The zero-order valence-electron chi connectivity index (χ0n) is 8.12. The first-order valence-corrected chi connectivity index (χ1v) is 5.09. The van der Waals surface area contributed by atoms with Gasteiger partial charge in [-0.1, -0.05) is 15.9 Å². The van der Waals surface area contributed by atoms with Crippen LogP contribution in [0.1, 0.15) is 0 Å². The summed E-state index contributed by atoms with van der Waals surface area (Å²) in [6, 6.07) is 5.07. The smallest absolute Gasteiger partial charge is 0.235 e. The highest BCUT2D eigenvalue weighted by Gasteiger charge is 2.06. The summed E-state index contributed by atoms with van der Waals surface area (Å²) in [5.74, 6) is 0.447. The van der Waals surface area contributed by atoms with Crippen LogP contribution in [0.25, 0.3) is 0 Å². The molecule has 0 unspecified atom stereocenters. The summed E-state index contributed by atoms with van der Waals surface area (Å²) < 4.78 is 5.06. The van der Waals surface area contributed by atoms with E-state index < -0.39 is 0 Å². The van der Waals surface area contributed by atoms with Crippen LogP contribution in [0.2, 0.25) is 0 Å². The van der Waals surface area contributed by atoms with Crippen molar-refractivity contribution in [3.63, 3.8) is 0 Å². The predicted octanol–water partition coefficient (Wildman–Crippen LogP) is 2.03. The minimum Gasteiger partial charge on any atom is -0.495 e. The van der Waals surface area contributed by atoms with E-state index in [0.29, 0.717) is 17.1 Å². The standard InChI is InChI=1S/C9H11BrN2O2.ClH/c1-14-8-3-2-6(11)4-7(8)12-9(13)5-10;/h2-4H,5,11H2,1H3,(H,12,13);1H. The van der Waals surface area contributed by atoms with E-state index in [4.69, 9.17) is 10.5 Å². The van der Waals surface area contributed by atoms with Gasteiger partial charge in [-0.2, -0.15) is 0 Å². The van der Waals surface area contributed by atoms with E-state index in [9.17, 15) is 4.79 Å². The SMILES string of the molecule is COc1ccc(N)cc1NC(=O)CBr.Cl. The van der Waals surface area contributed by atoms with Gasteiger partial charge in [0, 0.05) is 5.69 Å². The molecule has 0 aliphatic carbocycles. The number of nitrogens with two attached hydrogens (primary N) is 1. The molecule has 1 aromatic carbocycles. The number of alkyl halides is 1. The first-order valence-electron chi connectivity index (χ1n) is 3.96. The molecule has 15 heavy (non-hydrogen) atoms. The van der Waals surface area contributed by atoms with Crippen molar-refractivity contribution < 1.29 is 9.53 Å². The molecule has 0 aromatic heterocycles. The van der Waals surface area contributed by atoms with Crippen LogP contribution < -0.4 is 15.8 Å². The van der Waals surface area contributed by atoms with Crippen molar-refractivity contribution in [1.29, 1.82) is 0 Å². The number of benzene rings is 1. The fraction of sp³-hybridized carbons (Fsp3) is 0.222.